The molecule has 3 heteroatoms. The fraction of sp³-hybridized carbons (Fsp3) is 0.364. The van der Waals surface area contributed by atoms with E-state index >= 15 is 0 Å². The highest BCUT2D eigenvalue weighted by Gasteiger charge is 2.33. The maximum Gasteiger partial charge on any atom is 0.231 e. The van der Waals surface area contributed by atoms with Gasteiger partial charge < -0.3 is 0 Å². The molecule has 14 heavy (non-hydrogen) atoms. The summed E-state index contributed by atoms with van der Waals surface area (Å²) in [5, 5.41) is -0.313. The third-order valence-electron chi connectivity index (χ3n) is 2.61. The normalized spacial score (nSPS) is 14.9. The zero-order chi connectivity index (χ0) is 10.8. The third kappa shape index (κ3) is 2.01. The summed E-state index contributed by atoms with van der Waals surface area (Å²) in [5.74, 6) is 0. The van der Waals surface area contributed by atoms with Crippen LogP contribution >= 0.6 is 27.5 Å². The van der Waals surface area contributed by atoms with E-state index in [1.807, 2.05) is 38.1 Å². The molecule has 0 saturated heterocycles. The molecule has 1 aromatic rings. The van der Waals surface area contributed by atoms with Crippen LogP contribution in [0.1, 0.15) is 25.8 Å². The first kappa shape index (κ1) is 11.7. The average molecular weight is 276 g/mol. The van der Waals surface area contributed by atoms with Crippen LogP contribution in [0.4, 0.5) is 0 Å². The lowest BCUT2D eigenvalue weighted by Gasteiger charge is -2.25. The second kappa shape index (κ2) is 4.45. The summed E-state index contributed by atoms with van der Waals surface area (Å²) in [6, 6.07) is 7.67. The van der Waals surface area contributed by atoms with Gasteiger partial charge in [0.05, 0.1) is 5.41 Å². The Bertz CT molecular complexity index is 351. The summed E-state index contributed by atoms with van der Waals surface area (Å²) in [4.78, 5) is 11.4. The number of carbonyl (C=O) groups excluding carboxylic acids is 1. The minimum Gasteiger partial charge on any atom is -0.280 e. The predicted molar refractivity (Wildman–Crippen MR) is 62.6 cm³/mol. The Morgan fingerprint density at radius 2 is 2.07 bits per heavy atom. The van der Waals surface area contributed by atoms with Gasteiger partial charge in [-0.25, -0.2) is 0 Å². The van der Waals surface area contributed by atoms with Gasteiger partial charge in [-0.1, -0.05) is 41.1 Å². The first-order chi connectivity index (χ1) is 6.52. The van der Waals surface area contributed by atoms with Gasteiger partial charge in [0, 0.05) is 4.47 Å². The van der Waals surface area contributed by atoms with Crippen molar-refractivity contribution in [1.82, 2.24) is 0 Å². The molecule has 0 aliphatic carbocycles. The molecule has 0 N–H and O–H groups in total. The molecule has 0 amide bonds. The van der Waals surface area contributed by atoms with Gasteiger partial charge in [-0.3, -0.25) is 4.79 Å². The van der Waals surface area contributed by atoms with Crippen molar-refractivity contribution in [3.05, 3.63) is 34.3 Å². The molecule has 76 valence electrons. The number of benzene rings is 1. The summed E-state index contributed by atoms with van der Waals surface area (Å²) < 4.78 is 0.929. The highest BCUT2D eigenvalue weighted by Crippen LogP contribution is 2.34. The lowest BCUT2D eigenvalue weighted by molar-refractivity contribution is -0.116. The SMILES string of the molecule is CCC(C)(C(=O)Cl)c1ccccc1Br. The highest BCUT2D eigenvalue weighted by molar-refractivity contribution is 9.10. The van der Waals surface area contributed by atoms with E-state index in [2.05, 4.69) is 15.9 Å². The maximum atomic E-state index is 11.4. The number of hydrogen-bond donors (Lipinski definition) is 0. The van der Waals surface area contributed by atoms with Crippen molar-refractivity contribution in [2.45, 2.75) is 25.7 Å². The highest BCUT2D eigenvalue weighted by atomic mass is 79.9. The van der Waals surface area contributed by atoms with Gasteiger partial charge in [-0.05, 0) is 36.6 Å². The van der Waals surface area contributed by atoms with E-state index < -0.39 is 5.41 Å². The molecular weight excluding hydrogens is 263 g/mol. The van der Waals surface area contributed by atoms with E-state index in [0.29, 0.717) is 6.42 Å². The summed E-state index contributed by atoms with van der Waals surface area (Å²) >= 11 is 9.06. The molecule has 1 atom stereocenters. The van der Waals surface area contributed by atoms with Crippen molar-refractivity contribution in [2.75, 3.05) is 0 Å². The minimum atomic E-state index is -0.596. The third-order valence-corrected chi connectivity index (χ3v) is 3.72. The van der Waals surface area contributed by atoms with E-state index in [1.54, 1.807) is 0 Å². The molecule has 0 fully saturated rings. The fourth-order valence-corrected chi connectivity index (χ4v) is 2.30. The minimum absolute atomic E-state index is 0.313. The fourth-order valence-electron chi connectivity index (χ4n) is 1.34. The summed E-state index contributed by atoms with van der Waals surface area (Å²) in [6.07, 6.45) is 0.692. The number of rotatable bonds is 3. The van der Waals surface area contributed by atoms with Gasteiger partial charge in [0.2, 0.25) is 5.24 Å². The molecule has 0 aromatic heterocycles. The second-order valence-electron chi connectivity index (χ2n) is 3.44. The van der Waals surface area contributed by atoms with Crippen LogP contribution in [0.5, 0.6) is 0 Å². The van der Waals surface area contributed by atoms with E-state index in [4.69, 9.17) is 11.6 Å². The molecule has 0 aliphatic rings. The van der Waals surface area contributed by atoms with Crippen molar-refractivity contribution in [3.63, 3.8) is 0 Å². The Morgan fingerprint density at radius 1 is 1.50 bits per heavy atom. The van der Waals surface area contributed by atoms with Crippen molar-refractivity contribution < 1.29 is 4.79 Å². The van der Waals surface area contributed by atoms with Crippen LogP contribution < -0.4 is 0 Å². The summed E-state index contributed by atoms with van der Waals surface area (Å²) in [6.45, 7) is 3.82. The number of halogens is 2. The summed E-state index contributed by atoms with van der Waals surface area (Å²) in [7, 11) is 0. The van der Waals surface area contributed by atoms with Crippen LogP contribution in [0.2, 0.25) is 0 Å². The van der Waals surface area contributed by atoms with Crippen LogP contribution in [0, 0.1) is 0 Å². The quantitative estimate of drug-likeness (QED) is 0.765. The van der Waals surface area contributed by atoms with Crippen LogP contribution in [-0.2, 0) is 10.2 Å². The van der Waals surface area contributed by atoms with Gasteiger partial charge in [0.1, 0.15) is 0 Å². The Labute approximate surface area is 97.6 Å². The Kier molecular flexibility index (Phi) is 3.73. The largest absolute Gasteiger partial charge is 0.280 e. The van der Waals surface area contributed by atoms with E-state index in [0.717, 1.165) is 10.0 Å². The maximum absolute atomic E-state index is 11.4. The molecule has 1 rings (SSSR count). The standard InChI is InChI=1S/C11H12BrClO/c1-3-11(2,10(13)14)8-6-4-5-7-9(8)12/h4-7H,3H2,1-2H3. The average Bonchev–Trinajstić information content (AvgIpc) is 2.17. The zero-order valence-electron chi connectivity index (χ0n) is 8.18. The zero-order valence-corrected chi connectivity index (χ0v) is 10.5. The Balaban J connectivity index is 3.26. The molecule has 1 aromatic carbocycles. The first-order valence-electron chi connectivity index (χ1n) is 4.47. The topological polar surface area (TPSA) is 17.1 Å². The predicted octanol–water partition coefficient (Wildman–Crippen LogP) is 3.88. The lowest BCUT2D eigenvalue weighted by atomic mass is 9.81. The van der Waals surface area contributed by atoms with Gasteiger partial charge in [0.15, 0.2) is 0 Å². The molecule has 0 radical (unpaired) electrons. The first-order valence-corrected chi connectivity index (χ1v) is 5.64. The molecule has 0 spiro atoms. The van der Waals surface area contributed by atoms with Crippen molar-refractivity contribution >= 4 is 32.8 Å². The van der Waals surface area contributed by atoms with Crippen LogP contribution in [0.15, 0.2) is 28.7 Å². The Hall–Kier alpha value is -0.340. The van der Waals surface area contributed by atoms with E-state index in [9.17, 15) is 4.79 Å². The second-order valence-corrected chi connectivity index (χ2v) is 4.64. The van der Waals surface area contributed by atoms with Crippen LogP contribution in [0.3, 0.4) is 0 Å². The molecule has 0 aliphatic heterocycles. The molecule has 0 heterocycles. The van der Waals surface area contributed by atoms with E-state index in [1.165, 1.54) is 0 Å². The monoisotopic (exact) mass is 274 g/mol. The van der Waals surface area contributed by atoms with Crippen LogP contribution in [0.25, 0.3) is 0 Å². The van der Waals surface area contributed by atoms with Gasteiger partial charge >= 0.3 is 0 Å². The molecule has 0 bridgehead atoms. The van der Waals surface area contributed by atoms with Gasteiger partial charge in [-0.2, -0.15) is 0 Å². The van der Waals surface area contributed by atoms with E-state index in [-0.39, 0.29) is 5.24 Å². The number of hydrogen-bond acceptors (Lipinski definition) is 1. The molecular formula is C11H12BrClO. The Morgan fingerprint density at radius 3 is 2.50 bits per heavy atom. The molecule has 1 unspecified atom stereocenters. The van der Waals surface area contributed by atoms with Crippen LogP contribution in [-0.4, -0.2) is 5.24 Å². The smallest absolute Gasteiger partial charge is 0.231 e. The molecule has 1 nitrogen and oxygen atoms in total. The lowest BCUT2D eigenvalue weighted by Crippen LogP contribution is -2.28. The van der Waals surface area contributed by atoms with Crippen molar-refractivity contribution in [2.24, 2.45) is 0 Å². The van der Waals surface area contributed by atoms with Gasteiger partial charge in [0.25, 0.3) is 0 Å². The van der Waals surface area contributed by atoms with Crippen molar-refractivity contribution in [1.29, 1.82) is 0 Å². The summed E-state index contributed by atoms with van der Waals surface area (Å²) in [5.41, 5.74) is 0.351. The molecule has 0 saturated carbocycles. The number of carbonyl (C=O) groups is 1. The van der Waals surface area contributed by atoms with Gasteiger partial charge in [-0.15, -0.1) is 0 Å². The van der Waals surface area contributed by atoms with Crippen molar-refractivity contribution in [3.8, 4) is 0 Å².